The highest BCUT2D eigenvalue weighted by molar-refractivity contribution is 6.87. The van der Waals surface area contributed by atoms with Gasteiger partial charge in [-0.15, -0.1) is 11.6 Å². The fraction of sp³-hybridized carbons (Fsp3) is 0.818. The number of allylic oxidation sites excluding steroid dienone is 2. The van der Waals surface area contributed by atoms with E-state index < -0.39 is 8.07 Å². The zero-order chi connectivity index (χ0) is 9.69. The Balaban J connectivity index is 2.21. The first-order chi connectivity index (χ1) is 5.98. The molecule has 0 saturated heterocycles. The zero-order valence-corrected chi connectivity index (χ0v) is 10.6. The van der Waals surface area contributed by atoms with Crippen molar-refractivity contribution in [3.05, 3.63) is 12.2 Å². The Hall–Kier alpha value is 0.247. The van der Waals surface area contributed by atoms with Gasteiger partial charge in [-0.3, -0.25) is 0 Å². The third-order valence-electron chi connectivity index (χ3n) is 3.73. The summed E-state index contributed by atoms with van der Waals surface area (Å²) in [4.78, 5) is 0. The Bertz CT molecular complexity index is 241. The molecule has 13 heavy (non-hydrogen) atoms. The Labute approximate surface area is 87.4 Å². The van der Waals surface area contributed by atoms with Gasteiger partial charge in [-0.05, 0) is 31.1 Å². The molecule has 2 heteroatoms. The van der Waals surface area contributed by atoms with E-state index in [0.717, 1.165) is 5.92 Å². The fourth-order valence-corrected chi connectivity index (χ4v) is 5.93. The lowest BCUT2D eigenvalue weighted by Crippen LogP contribution is -2.39. The average molecular weight is 215 g/mol. The van der Waals surface area contributed by atoms with Crippen molar-refractivity contribution in [3.8, 4) is 0 Å². The summed E-state index contributed by atoms with van der Waals surface area (Å²) in [6, 6.07) is 0. The molecule has 2 rings (SSSR count). The lowest BCUT2D eigenvalue weighted by molar-refractivity contribution is 0.660. The minimum Gasteiger partial charge on any atom is -0.122 e. The largest absolute Gasteiger partial charge is 0.122 e. The Morgan fingerprint density at radius 1 is 1.38 bits per heavy atom. The molecule has 0 amide bonds. The van der Waals surface area contributed by atoms with E-state index in [-0.39, 0.29) is 4.50 Å². The van der Waals surface area contributed by atoms with Crippen LogP contribution in [0, 0.1) is 11.8 Å². The van der Waals surface area contributed by atoms with Crippen LogP contribution in [0.25, 0.3) is 0 Å². The molecule has 0 aromatic carbocycles. The van der Waals surface area contributed by atoms with Gasteiger partial charge >= 0.3 is 0 Å². The summed E-state index contributed by atoms with van der Waals surface area (Å²) in [5.74, 6) is 1.52. The molecule has 0 heterocycles. The van der Waals surface area contributed by atoms with Gasteiger partial charge in [0.15, 0.2) is 0 Å². The van der Waals surface area contributed by atoms with Crippen molar-refractivity contribution in [1.29, 1.82) is 0 Å². The number of fused-ring (bicyclic) bond motifs is 1. The molecule has 0 aliphatic heterocycles. The number of hydrogen-bond donors (Lipinski definition) is 0. The van der Waals surface area contributed by atoms with E-state index in [1.807, 2.05) is 0 Å². The van der Waals surface area contributed by atoms with Gasteiger partial charge in [-0.2, -0.15) is 0 Å². The van der Waals surface area contributed by atoms with Crippen molar-refractivity contribution in [1.82, 2.24) is 0 Å². The lowest BCUT2D eigenvalue weighted by atomic mass is 10.2. The standard InChI is InChI=1S/C11H19ClSi/c1-13(2,3)11(12)9-7-5-4-6-8-10(9)11/h5,7,9-10H,4,6,8H2,1-3H3. The lowest BCUT2D eigenvalue weighted by Gasteiger charge is -2.25. The van der Waals surface area contributed by atoms with Crippen LogP contribution in [0.2, 0.25) is 19.6 Å². The molecule has 3 unspecified atom stereocenters. The van der Waals surface area contributed by atoms with Gasteiger partial charge in [-0.25, -0.2) is 0 Å². The summed E-state index contributed by atoms with van der Waals surface area (Å²) in [7, 11) is -1.18. The summed E-state index contributed by atoms with van der Waals surface area (Å²) in [6.45, 7) is 7.22. The van der Waals surface area contributed by atoms with Gasteiger partial charge < -0.3 is 0 Å². The fourth-order valence-electron chi connectivity index (χ4n) is 2.87. The van der Waals surface area contributed by atoms with Crippen LogP contribution in [-0.4, -0.2) is 12.6 Å². The summed E-state index contributed by atoms with van der Waals surface area (Å²) < 4.78 is 0.198. The Morgan fingerprint density at radius 2 is 2.08 bits per heavy atom. The molecule has 2 aliphatic carbocycles. The third-order valence-corrected chi connectivity index (χ3v) is 8.96. The predicted molar refractivity (Wildman–Crippen MR) is 61.9 cm³/mol. The van der Waals surface area contributed by atoms with E-state index in [0.29, 0.717) is 5.92 Å². The maximum atomic E-state index is 6.78. The maximum Gasteiger partial charge on any atom is 0.0699 e. The topological polar surface area (TPSA) is 0 Å². The van der Waals surface area contributed by atoms with Gasteiger partial charge in [0.1, 0.15) is 0 Å². The van der Waals surface area contributed by atoms with Crippen LogP contribution >= 0.6 is 11.6 Å². The second-order valence-electron chi connectivity index (χ2n) is 5.51. The first-order valence-electron chi connectivity index (χ1n) is 5.33. The molecular weight excluding hydrogens is 196 g/mol. The quantitative estimate of drug-likeness (QED) is 0.354. The van der Waals surface area contributed by atoms with Gasteiger partial charge in [-0.1, -0.05) is 31.8 Å². The maximum absolute atomic E-state index is 6.78. The normalized spacial score (nSPS) is 44.0. The SMILES string of the molecule is C[Si](C)(C)C1(Cl)C2C=CCCCC21. The first kappa shape index (κ1) is 9.79. The second kappa shape index (κ2) is 2.87. The van der Waals surface area contributed by atoms with E-state index in [4.69, 9.17) is 11.6 Å². The molecule has 74 valence electrons. The monoisotopic (exact) mass is 214 g/mol. The minimum atomic E-state index is -1.18. The average Bonchev–Trinajstić information content (AvgIpc) is 2.64. The molecule has 0 aromatic heterocycles. The molecule has 0 N–H and O–H groups in total. The van der Waals surface area contributed by atoms with Crippen molar-refractivity contribution in [2.45, 2.75) is 43.4 Å². The molecule has 1 fully saturated rings. The molecule has 2 aliphatic rings. The van der Waals surface area contributed by atoms with Crippen LogP contribution < -0.4 is 0 Å². The van der Waals surface area contributed by atoms with Crippen LogP contribution in [0.3, 0.4) is 0 Å². The van der Waals surface area contributed by atoms with Gasteiger partial charge in [0.25, 0.3) is 0 Å². The van der Waals surface area contributed by atoms with Crippen LogP contribution in [0.4, 0.5) is 0 Å². The molecule has 0 radical (unpaired) electrons. The highest BCUT2D eigenvalue weighted by Gasteiger charge is 2.67. The molecule has 1 saturated carbocycles. The van der Waals surface area contributed by atoms with Gasteiger partial charge in [0.2, 0.25) is 0 Å². The predicted octanol–water partition coefficient (Wildman–Crippen LogP) is 3.83. The molecule has 0 aromatic rings. The first-order valence-corrected chi connectivity index (χ1v) is 9.21. The Kier molecular flexibility index (Phi) is 2.16. The highest BCUT2D eigenvalue weighted by atomic mass is 35.5. The van der Waals surface area contributed by atoms with Gasteiger partial charge in [0.05, 0.1) is 8.07 Å². The minimum absolute atomic E-state index is 0.198. The summed E-state index contributed by atoms with van der Waals surface area (Å²) >= 11 is 6.78. The summed E-state index contributed by atoms with van der Waals surface area (Å²) in [5.41, 5.74) is 0. The smallest absolute Gasteiger partial charge is 0.0699 e. The van der Waals surface area contributed by atoms with Crippen LogP contribution in [0.1, 0.15) is 19.3 Å². The van der Waals surface area contributed by atoms with Crippen molar-refractivity contribution in [2.75, 3.05) is 0 Å². The van der Waals surface area contributed by atoms with Crippen LogP contribution in [0.5, 0.6) is 0 Å². The Morgan fingerprint density at radius 3 is 2.69 bits per heavy atom. The van der Waals surface area contributed by atoms with Crippen molar-refractivity contribution < 1.29 is 0 Å². The summed E-state index contributed by atoms with van der Waals surface area (Å²) in [5, 5.41) is 0. The van der Waals surface area contributed by atoms with E-state index >= 15 is 0 Å². The summed E-state index contributed by atoms with van der Waals surface area (Å²) in [6.07, 6.45) is 8.70. The van der Waals surface area contributed by atoms with Crippen molar-refractivity contribution >= 4 is 19.7 Å². The van der Waals surface area contributed by atoms with E-state index in [2.05, 4.69) is 31.8 Å². The number of rotatable bonds is 1. The van der Waals surface area contributed by atoms with E-state index in [1.165, 1.54) is 19.3 Å². The van der Waals surface area contributed by atoms with E-state index in [9.17, 15) is 0 Å². The molecule has 3 atom stereocenters. The van der Waals surface area contributed by atoms with Crippen molar-refractivity contribution in [3.63, 3.8) is 0 Å². The zero-order valence-electron chi connectivity index (χ0n) is 8.81. The van der Waals surface area contributed by atoms with Crippen LogP contribution in [0.15, 0.2) is 12.2 Å². The molecule has 0 bridgehead atoms. The van der Waals surface area contributed by atoms with E-state index in [1.54, 1.807) is 0 Å². The van der Waals surface area contributed by atoms with Crippen molar-refractivity contribution in [2.24, 2.45) is 11.8 Å². The number of hydrogen-bond acceptors (Lipinski definition) is 0. The third kappa shape index (κ3) is 1.32. The highest BCUT2D eigenvalue weighted by Crippen LogP contribution is 2.64. The second-order valence-corrected chi connectivity index (χ2v) is 11.8. The van der Waals surface area contributed by atoms with Crippen LogP contribution in [-0.2, 0) is 0 Å². The molecular formula is C11H19ClSi. The number of alkyl halides is 1. The molecule has 0 nitrogen and oxygen atoms in total. The van der Waals surface area contributed by atoms with Gasteiger partial charge in [0, 0.05) is 4.50 Å². The number of halogens is 1. The molecule has 0 spiro atoms.